The number of alkyl halides is 1. The Morgan fingerprint density at radius 2 is 2.15 bits per heavy atom. The number of unbranched alkanes of at least 4 members (excludes halogenated alkanes) is 1. The quantitative estimate of drug-likeness (QED) is 0.202. The molecule has 1 aromatic heterocycles. The largest absolute Gasteiger partial charge is 0.480 e. The van der Waals surface area contributed by atoms with E-state index in [0.717, 1.165) is 50.2 Å². The summed E-state index contributed by atoms with van der Waals surface area (Å²) >= 11 is 6.34. The molecule has 0 unspecified atom stereocenters. The Morgan fingerprint density at radius 1 is 1.32 bits per heavy atom. The van der Waals surface area contributed by atoms with Gasteiger partial charge >= 0.3 is 5.97 Å². The van der Waals surface area contributed by atoms with Gasteiger partial charge in [0.15, 0.2) is 0 Å². The van der Waals surface area contributed by atoms with Crippen LogP contribution < -0.4 is 10.6 Å². The molecule has 0 spiro atoms. The summed E-state index contributed by atoms with van der Waals surface area (Å²) in [6.45, 7) is 2.23. The van der Waals surface area contributed by atoms with Crippen molar-refractivity contribution in [3.63, 3.8) is 0 Å². The van der Waals surface area contributed by atoms with Gasteiger partial charge in [0.2, 0.25) is 5.91 Å². The van der Waals surface area contributed by atoms with E-state index in [4.69, 9.17) is 21.3 Å². The highest BCUT2D eigenvalue weighted by molar-refractivity contribution is 6.29. The number of hydrogen-bond donors (Lipinski definition) is 3. The standard InChI is InChI=1S/C29H41ClFN5O4/c1-40-23(19-31)20-35(16-4-2-8-22-11-10-21-7-6-15-32-26(21)33-22)18-12-24(27(37)38)34-28(39)29(13-14-29)36-17-5-3-9-25(36)30/h3,5,9-11,23-24H,2,4,6-8,12-20H2,1H3,(H,32,33)(H,34,39)(H,37,38)/t23-,24+/m1/s1. The Kier molecular flexibility index (Phi) is 10.8. The van der Waals surface area contributed by atoms with E-state index in [1.807, 2.05) is 22.0 Å². The predicted molar refractivity (Wildman–Crippen MR) is 153 cm³/mol. The molecule has 40 heavy (non-hydrogen) atoms. The molecule has 2 atom stereocenters. The fraction of sp³-hybridized carbons (Fsp3) is 0.621. The normalized spacial score (nSPS) is 18.9. The minimum absolute atomic E-state index is 0.196. The monoisotopic (exact) mass is 577 g/mol. The van der Waals surface area contributed by atoms with E-state index in [1.165, 1.54) is 12.7 Å². The van der Waals surface area contributed by atoms with E-state index in [-0.39, 0.29) is 12.3 Å². The molecule has 1 aliphatic carbocycles. The topological polar surface area (TPSA) is 107 Å². The van der Waals surface area contributed by atoms with Gasteiger partial charge in [0, 0.05) is 39.0 Å². The second-order valence-corrected chi connectivity index (χ2v) is 11.2. The number of anilines is 1. The molecule has 3 N–H and O–H groups in total. The summed E-state index contributed by atoms with van der Waals surface area (Å²) in [5, 5.41) is 16.5. The van der Waals surface area contributed by atoms with Crippen molar-refractivity contribution in [2.24, 2.45) is 0 Å². The highest BCUT2D eigenvalue weighted by atomic mass is 35.5. The van der Waals surface area contributed by atoms with Crippen LogP contribution in [0.4, 0.5) is 10.2 Å². The van der Waals surface area contributed by atoms with Crippen LogP contribution in [0.3, 0.4) is 0 Å². The Morgan fingerprint density at radius 3 is 2.85 bits per heavy atom. The molecule has 1 aromatic rings. The predicted octanol–water partition coefficient (Wildman–Crippen LogP) is 3.49. The number of fused-ring (bicyclic) bond motifs is 1. The number of carboxylic acids is 1. The number of carbonyl (C=O) groups excluding carboxylic acids is 1. The highest BCUT2D eigenvalue weighted by Crippen LogP contribution is 2.45. The zero-order chi connectivity index (χ0) is 28.5. The van der Waals surface area contributed by atoms with Gasteiger partial charge in [-0.1, -0.05) is 29.8 Å². The van der Waals surface area contributed by atoms with Gasteiger partial charge in [-0.05, 0) is 75.6 Å². The van der Waals surface area contributed by atoms with Gasteiger partial charge in [0.1, 0.15) is 29.2 Å². The van der Waals surface area contributed by atoms with Crippen molar-refractivity contribution in [1.29, 1.82) is 0 Å². The number of methoxy groups -OCH3 is 1. The highest BCUT2D eigenvalue weighted by Gasteiger charge is 2.55. The number of pyridine rings is 1. The van der Waals surface area contributed by atoms with Crippen molar-refractivity contribution in [1.82, 2.24) is 20.1 Å². The van der Waals surface area contributed by atoms with E-state index >= 15 is 0 Å². The lowest BCUT2D eigenvalue weighted by Gasteiger charge is -2.33. The maximum absolute atomic E-state index is 13.5. The molecule has 9 nitrogen and oxygen atoms in total. The number of carbonyl (C=O) groups is 2. The lowest BCUT2D eigenvalue weighted by molar-refractivity contribution is -0.143. The smallest absolute Gasteiger partial charge is 0.326 e. The van der Waals surface area contributed by atoms with Gasteiger partial charge in [-0.25, -0.2) is 14.2 Å². The van der Waals surface area contributed by atoms with Gasteiger partial charge in [-0.15, -0.1) is 0 Å². The Bertz CT molecular complexity index is 1090. The van der Waals surface area contributed by atoms with Crippen LogP contribution in [0, 0.1) is 0 Å². The summed E-state index contributed by atoms with van der Waals surface area (Å²) in [5.74, 6) is -0.426. The van der Waals surface area contributed by atoms with Gasteiger partial charge in [-0.3, -0.25) is 4.79 Å². The number of rotatable bonds is 16. The molecule has 1 fully saturated rings. The van der Waals surface area contributed by atoms with Crippen molar-refractivity contribution in [3.05, 3.63) is 46.8 Å². The zero-order valence-electron chi connectivity index (χ0n) is 23.2. The number of aromatic nitrogens is 1. The van der Waals surface area contributed by atoms with Crippen LogP contribution in [0.1, 0.15) is 49.8 Å². The molecule has 0 aromatic carbocycles. The number of nitrogens with one attached hydrogen (secondary N) is 2. The fourth-order valence-corrected chi connectivity index (χ4v) is 5.69. The van der Waals surface area contributed by atoms with E-state index in [2.05, 4.69) is 22.8 Å². The van der Waals surface area contributed by atoms with Crippen LogP contribution in [0.2, 0.25) is 0 Å². The van der Waals surface area contributed by atoms with E-state index < -0.39 is 30.3 Å². The molecule has 1 amide bonds. The molecule has 3 aliphatic rings. The molecule has 4 rings (SSSR count). The van der Waals surface area contributed by atoms with Crippen LogP contribution in [0.5, 0.6) is 0 Å². The summed E-state index contributed by atoms with van der Waals surface area (Å²) < 4.78 is 18.7. The Balaban J connectivity index is 1.30. The second-order valence-electron chi connectivity index (χ2n) is 10.8. The van der Waals surface area contributed by atoms with E-state index in [0.29, 0.717) is 44.2 Å². The number of allylic oxidation sites excluding steroid dienone is 2. The van der Waals surface area contributed by atoms with Gasteiger partial charge in [-0.2, -0.15) is 0 Å². The fourth-order valence-electron chi connectivity index (χ4n) is 5.39. The van der Waals surface area contributed by atoms with Crippen molar-refractivity contribution in [2.45, 2.75) is 69.1 Å². The minimum atomic E-state index is -1.09. The number of amides is 1. The third kappa shape index (κ3) is 7.73. The number of aliphatic carboxylic acids is 1. The molecule has 0 saturated heterocycles. The number of carboxylic acid groups (broad SMARTS) is 1. The second kappa shape index (κ2) is 14.3. The number of aryl methyl sites for hydroxylation is 2. The number of ether oxygens (including phenoxy) is 1. The summed E-state index contributed by atoms with van der Waals surface area (Å²) in [4.78, 5) is 33.9. The average Bonchev–Trinajstić information content (AvgIpc) is 3.77. The van der Waals surface area contributed by atoms with Crippen LogP contribution in [0.25, 0.3) is 0 Å². The van der Waals surface area contributed by atoms with Crippen LogP contribution in [-0.4, -0.2) is 96.0 Å². The lowest BCUT2D eigenvalue weighted by atomic mass is 10.1. The first-order chi connectivity index (χ1) is 19.4. The van der Waals surface area contributed by atoms with Crippen LogP contribution in [-0.2, 0) is 27.2 Å². The molecule has 1 saturated carbocycles. The number of nitrogens with zero attached hydrogens (tertiary/aromatic N) is 3. The van der Waals surface area contributed by atoms with Crippen molar-refractivity contribution in [2.75, 3.05) is 51.8 Å². The Hall–Kier alpha value is -2.69. The van der Waals surface area contributed by atoms with Gasteiger partial charge in [0.25, 0.3) is 0 Å². The van der Waals surface area contributed by atoms with Crippen LogP contribution >= 0.6 is 11.6 Å². The zero-order valence-corrected chi connectivity index (χ0v) is 24.0. The molecular formula is C29H41ClFN5O4. The molecule has 3 heterocycles. The number of hydrogen-bond acceptors (Lipinski definition) is 7. The third-order valence-electron chi connectivity index (χ3n) is 7.99. The van der Waals surface area contributed by atoms with E-state index in [9.17, 15) is 19.1 Å². The average molecular weight is 578 g/mol. The van der Waals surface area contributed by atoms with Crippen molar-refractivity contribution in [3.8, 4) is 0 Å². The Labute approximate surface area is 240 Å². The molecule has 0 radical (unpaired) electrons. The molecule has 220 valence electrons. The SMILES string of the molecule is CO[C@H](CF)CN(CCCCc1ccc2c(n1)NCCC2)CC[C@H](NC(=O)C1(N2CC=CC=C2Cl)CC1)C(=O)O. The van der Waals surface area contributed by atoms with Crippen LogP contribution in [0.15, 0.2) is 35.5 Å². The summed E-state index contributed by atoms with van der Waals surface area (Å²) in [6, 6.07) is 3.18. The van der Waals surface area contributed by atoms with Gasteiger partial charge < -0.3 is 30.3 Å². The first-order valence-corrected chi connectivity index (χ1v) is 14.6. The molecule has 0 bridgehead atoms. The van der Waals surface area contributed by atoms with Crippen molar-refractivity contribution < 1.29 is 23.8 Å². The van der Waals surface area contributed by atoms with Gasteiger partial charge in [0.05, 0.1) is 6.10 Å². The maximum atomic E-state index is 13.5. The summed E-state index contributed by atoms with van der Waals surface area (Å²) in [5.41, 5.74) is 1.50. The maximum Gasteiger partial charge on any atom is 0.326 e. The molecule has 2 aliphatic heterocycles. The number of halogens is 2. The molecular weight excluding hydrogens is 537 g/mol. The van der Waals surface area contributed by atoms with E-state index in [1.54, 1.807) is 6.08 Å². The summed E-state index contributed by atoms with van der Waals surface area (Å²) in [6.07, 6.45) is 11.1. The first kappa shape index (κ1) is 30.3. The lowest BCUT2D eigenvalue weighted by Crippen LogP contribution is -2.53. The molecule has 11 heteroatoms. The first-order valence-electron chi connectivity index (χ1n) is 14.2. The summed E-state index contributed by atoms with van der Waals surface area (Å²) in [7, 11) is 1.48. The van der Waals surface area contributed by atoms with Crippen molar-refractivity contribution >= 4 is 29.3 Å². The third-order valence-corrected chi connectivity index (χ3v) is 8.32. The minimum Gasteiger partial charge on any atom is -0.480 e.